The fourth-order valence-electron chi connectivity index (χ4n) is 6.12. The number of fused-ring (bicyclic) bond motifs is 5. The van der Waals surface area contributed by atoms with Crippen molar-refractivity contribution in [2.45, 2.75) is 50.6 Å². The molecular formula is C30H29NO2. The predicted octanol–water partition coefficient (Wildman–Crippen LogP) is 6.95. The molecule has 3 aromatic carbocycles. The number of benzene rings is 3. The van der Waals surface area contributed by atoms with E-state index in [1.165, 1.54) is 45.4 Å². The highest BCUT2D eigenvalue weighted by Gasteiger charge is 2.39. The molecule has 3 aliphatic rings. The number of carbonyl (C=O) groups excluding carboxylic acids is 1. The maximum absolute atomic E-state index is 13.4. The Bertz CT molecular complexity index is 1200. The fourth-order valence-corrected chi connectivity index (χ4v) is 6.12. The Kier molecular flexibility index (Phi) is 5.05. The normalized spacial score (nSPS) is 21.2. The number of hydrogen-bond acceptors (Lipinski definition) is 2. The van der Waals surface area contributed by atoms with Crippen LogP contribution in [0.25, 0.3) is 16.7 Å². The van der Waals surface area contributed by atoms with Crippen LogP contribution in [0.15, 0.2) is 78.9 Å². The molecule has 1 saturated heterocycles. The van der Waals surface area contributed by atoms with Crippen molar-refractivity contribution in [2.24, 2.45) is 0 Å². The average molecular weight is 436 g/mol. The van der Waals surface area contributed by atoms with E-state index in [0.29, 0.717) is 6.61 Å². The van der Waals surface area contributed by atoms with Gasteiger partial charge in [0.2, 0.25) is 0 Å². The molecule has 0 aromatic heterocycles. The monoisotopic (exact) mass is 435 g/mol. The molecule has 3 nitrogen and oxygen atoms in total. The lowest BCUT2D eigenvalue weighted by Gasteiger charge is -2.44. The van der Waals surface area contributed by atoms with Crippen LogP contribution >= 0.6 is 0 Å². The van der Waals surface area contributed by atoms with Gasteiger partial charge < -0.3 is 4.74 Å². The highest BCUT2D eigenvalue weighted by molar-refractivity contribution is 5.79. The topological polar surface area (TPSA) is 29.5 Å². The van der Waals surface area contributed by atoms with Gasteiger partial charge >= 0.3 is 6.09 Å². The number of nitrogens with zero attached hydrogens (tertiary/aromatic N) is 1. The van der Waals surface area contributed by atoms with Crippen molar-refractivity contribution in [3.05, 3.63) is 101 Å². The lowest BCUT2D eigenvalue weighted by Crippen LogP contribution is -2.51. The number of amides is 1. The molecular weight excluding hydrogens is 406 g/mol. The van der Waals surface area contributed by atoms with Gasteiger partial charge in [0.15, 0.2) is 0 Å². The zero-order chi connectivity index (χ0) is 22.4. The summed E-state index contributed by atoms with van der Waals surface area (Å²) in [5.74, 6) is 0.101. The van der Waals surface area contributed by atoms with Crippen LogP contribution in [0.4, 0.5) is 4.79 Å². The summed E-state index contributed by atoms with van der Waals surface area (Å²) in [5.41, 5.74) is 9.03. The van der Waals surface area contributed by atoms with E-state index < -0.39 is 0 Å². The first-order valence-corrected chi connectivity index (χ1v) is 12.1. The summed E-state index contributed by atoms with van der Waals surface area (Å²) < 4.78 is 6.04. The third-order valence-corrected chi connectivity index (χ3v) is 7.67. The Balaban J connectivity index is 1.23. The SMILES string of the molecule is Cc1ccccc1C1=CC2CCCC(C1)N2C(=O)OCC1c2ccccc2-c2ccccc21. The summed E-state index contributed by atoms with van der Waals surface area (Å²) in [6, 6.07) is 25.9. The van der Waals surface area contributed by atoms with Crippen molar-refractivity contribution in [3.63, 3.8) is 0 Å². The minimum Gasteiger partial charge on any atom is -0.448 e. The van der Waals surface area contributed by atoms with Crippen LogP contribution in [0.1, 0.15) is 53.9 Å². The molecule has 166 valence electrons. The second kappa shape index (κ2) is 8.22. The van der Waals surface area contributed by atoms with E-state index in [1.807, 2.05) is 4.90 Å². The van der Waals surface area contributed by atoms with E-state index in [-0.39, 0.29) is 24.1 Å². The number of hydrogen-bond donors (Lipinski definition) is 0. The molecule has 2 atom stereocenters. The molecule has 1 amide bonds. The van der Waals surface area contributed by atoms with Crippen molar-refractivity contribution in [3.8, 4) is 11.1 Å². The van der Waals surface area contributed by atoms with Crippen molar-refractivity contribution < 1.29 is 9.53 Å². The fraction of sp³-hybridized carbons (Fsp3) is 0.300. The lowest BCUT2D eigenvalue weighted by atomic mass is 9.82. The molecule has 2 bridgehead atoms. The molecule has 2 heterocycles. The highest BCUT2D eigenvalue weighted by Crippen LogP contribution is 2.45. The summed E-state index contributed by atoms with van der Waals surface area (Å²) in [5, 5.41) is 0. The van der Waals surface area contributed by atoms with E-state index in [4.69, 9.17) is 4.74 Å². The molecule has 3 heteroatoms. The first-order valence-electron chi connectivity index (χ1n) is 12.1. The molecule has 2 unspecified atom stereocenters. The van der Waals surface area contributed by atoms with E-state index in [0.717, 1.165) is 19.3 Å². The second-order valence-electron chi connectivity index (χ2n) is 9.57. The van der Waals surface area contributed by atoms with Crippen molar-refractivity contribution in [1.29, 1.82) is 0 Å². The molecule has 6 rings (SSSR count). The van der Waals surface area contributed by atoms with Gasteiger partial charge in [0.1, 0.15) is 6.61 Å². The van der Waals surface area contributed by atoms with Gasteiger partial charge in [-0.3, -0.25) is 4.90 Å². The first kappa shape index (κ1) is 20.3. The summed E-state index contributed by atoms with van der Waals surface area (Å²) in [7, 11) is 0. The van der Waals surface area contributed by atoms with Crippen molar-refractivity contribution in [2.75, 3.05) is 6.61 Å². The van der Waals surface area contributed by atoms with Gasteiger partial charge in [-0.2, -0.15) is 0 Å². The van der Waals surface area contributed by atoms with Crippen molar-refractivity contribution >= 4 is 11.7 Å². The highest BCUT2D eigenvalue weighted by atomic mass is 16.6. The molecule has 0 radical (unpaired) electrons. The molecule has 33 heavy (non-hydrogen) atoms. The summed E-state index contributed by atoms with van der Waals surface area (Å²) in [6.45, 7) is 2.56. The summed E-state index contributed by atoms with van der Waals surface area (Å²) >= 11 is 0. The summed E-state index contributed by atoms with van der Waals surface area (Å²) in [4.78, 5) is 15.4. The van der Waals surface area contributed by atoms with Crippen LogP contribution in [0.5, 0.6) is 0 Å². The molecule has 0 saturated carbocycles. The van der Waals surface area contributed by atoms with Crippen LogP contribution < -0.4 is 0 Å². The van der Waals surface area contributed by atoms with Crippen LogP contribution in [0.3, 0.4) is 0 Å². The van der Waals surface area contributed by atoms with Gasteiger partial charge in [0.25, 0.3) is 0 Å². The van der Waals surface area contributed by atoms with Crippen LogP contribution in [-0.4, -0.2) is 29.7 Å². The number of aryl methyl sites for hydroxylation is 1. The van der Waals surface area contributed by atoms with Crippen LogP contribution in [-0.2, 0) is 4.74 Å². The number of rotatable bonds is 3. The van der Waals surface area contributed by atoms with Gasteiger partial charge in [-0.05, 0) is 71.6 Å². The van der Waals surface area contributed by atoms with E-state index in [9.17, 15) is 4.79 Å². The molecule has 0 N–H and O–H groups in total. The standard InChI is InChI=1S/C30H29NO2/c1-20-9-2-3-12-24(20)21-17-22-10-8-11-23(18-21)31(22)30(32)33-19-29-27-15-6-4-13-25(27)26-14-5-7-16-28(26)29/h2-7,9,12-17,22-23,29H,8,10-11,18-19H2,1H3. The third kappa shape index (κ3) is 3.47. The van der Waals surface area contributed by atoms with E-state index in [1.54, 1.807) is 0 Å². The largest absolute Gasteiger partial charge is 0.448 e. The van der Waals surface area contributed by atoms with Gasteiger partial charge in [-0.25, -0.2) is 4.79 Å². The molecule has 1 fully saturated rings. The van der Waals surface area contributed by atoms with Crippen LogP contribution in [0, 0.1) is 6.92 Å². The number of piperidine rings is 1. The first-order chi connectivity index (χ1) is 16.2. The Labute approximate surface area is 195 Å². The smallest absolute Gasteiger partial charge is 0.410 e. The Hall–Kier alpha value is -3.33. The van der Waals surface area contributed by atoms with Gasteiger partial charge in [0, 0.05) is 12.0 Å². The quantitative estimate of drug-likeness (QED) is 0.445. The second-order valence-corrected chi connectivity index (χ2v) is 9.57. The molecule has 2 aliphatic heterocycles. The average Bonchev–Trinajstić information content (AvgIpc) is 3.16. The van der Waals surface area contributed by atoms with E-state index >= 15 is 0 Å². The minimum atomic E-state index is -0.161. The summed E-state index contributed by atoms with van der Waals surface area (Å²) in [6.07, 6.45) is 6.29. The molecule has 0 spiro atoms. The number of ether oxygens (including phenoxy) is 1. The number of carbonyl (C=O) groups is 1. The van der Waals surface area contributed by atoms with Crippen molar-refractivity contribution in [1.82, 2.24) is 4.90 Å². The maximum atomic E-state index is 13.4. The Morgan fingerprint density at radius 3 is 2.18 bits per heavy atom. The van der Waals surface area contributed by atoms with Gasteiger partial charge in [-0.1, -0.05) is 78.9 Å². The van der Waals surface area contributed by atoms with Gasteiger partial charge in [-0.15, -0.1) is 0 Å². The Morgan fingerprint density at radius 2 is 1.52 bits per heavy atom. The zero-order valence-electron chi connectivity index (χ0n) is 19.0. The van der Waals surface area contributed by atoms with E-state index in [2.05, 4.69) is 85.8 Å². The molecule has 3 aromatic rings. The third-order valence-electron chi connectivity index (χ3n) is 7.67. The maximum Gasteiger partial charge on any atom is 0.410 e. The Morgan fingerprint density at radius 1 is 0.879 bits per heavy atom. The minimum absolute atomic E-state index is 0.101. The lowest BCUT2D eigenvalue weighted by molar-refractivity contribution is 0.0539. The van der Waals surface area contributed by atoms with Gasteiger partial charge in [0.05, 0.1) is 6.04 Å². The zero-order valence-corrected chi connectivity index (χ0v) is 19.0. The molecule has 1 aliphatic carbocycles. The predicted molar refractivity (Wildman–Crippen MR) is 132 cm³/mol. The van der Waals surface area contributed by atoms with Crippen LogP contribution in [0.2, 0.25) is 0 Å².